The van der Waals surface area contributed by atoms with E-state index in [4.69, 9.17) is 0 Å². The predicted molar refractivity (Wildman–Crippen MR) is 69.8 cm³/mol. The summed E-state index contributed by atoms with van der Waals surface area (Å²) < 4.78 is 0. The van der Waals surface area contributed by atoms with Gasteiger partial charge in [-0.25, -0.2) is 0 Å². The number of aromatic hydroxyl groups is 1. The van der Waals surface area contributed by atoms with Crippen LogP contribution >= 0.6 is 0 Å². The predicted octanol–water partition coefficient (Wildman–Crippen LogP) is 3.61. The Labute approximate surface area is 102 Å². The molecule has 0 unspecified atom stereocenters. The molecular weight excluding hydrogens is 230 g/mol. The zero-order valence-electron chi connectivity index (χ0n) is 9.33. The van der Waals surface area contributed by atoms with Crippen molar-refractivity contribution in [1.82, 2.24) is 0 Å². The van der Waals surface area contributed by atoms with Gasteiger partial charge in [-0.1, -0.05) is 24.3 Å². The summed E-state index contributed by atoms with van der Waals surface area (Å²) in [5.74, 6) is 0.0896. The molecule has 0 saturated carbocycles. The Bertz CT molecular complexity index is 780. The second-order valence-corrected chi connectivity index (χ2v) is 4.11. The Hall–Kier alpha value is -2.62. The molecule has 0 atom stereocenters. The fraction of sp³-hybridized carbons (Fsp3) is 0. The van der Waals surface area contributed by atoms with E-state index in [0.29, 0.717) is 10.8 Å². The first-order valence-corrected chi connectivity index (χ1v) is 5.46. The topological polar surface area (TPSA) is 63.4 Å². The number of nitrogens with zero attached hydrogens (tertiary/aromatic N) is 1. The smallest absolute Gasteiger partial charge is 0.270 e. The van der Waals surface area contributed by atoms with Crippen molar-refractivity contribution in [3.8, 4) is 5.75 Å². The SMILES string of the molecule is O=[N+]([O-])c1ccc2cc3ccccc3c(O)c2c1. The zero-order valence-corrected chi connectivity index (χ0v) is 9.33. The van der Waals surface area contributed by atoms with Crippen molar-refractivity contribution in [2.24, 2.45) is 0 Å². The summed E-state index contributed by atoms with van der Waals surface area (Å²) in [4.78, 5) is 10.3. The van der Waals surface area contributed by atoms with Crippen LogP contribution in [0.4, 0.5) is 5.69 Å². The fourth-order valence-corrected chi connectivity index (χ4v) is 2.14. The molecule has 0 bridgehead atoms. The Morgan fingerprint density at radius 3 is 2.44 bits per heavy atom. The van der Waals surface area contributed by atoms with Gasteiger partial charge < -0.3 is 5.11 Å². The number of nitro benzene ring substituents is 1. The minimum absolute atomic E-state index is 0.0203. The summed E-state index contributed by atoms with van der Waals surface area (Å²) in [6, 6.07) is 13.8. The number of fused-ring (bicyclic) bond motifs is 2. The minimum Gasteiger partial charge on any atom is -0.507 e. The summed E-state index contributed by atoms with van der Waals surface area (Å²) >= 11 is 0. The highest BCUT2D eigenvalue weighted by Gasteiger charge is 2.11. The number of phenols is 1. The van der Waals surface area contributed by atoms with Crippen molar-refractivity contribution in [2.45, 2.75) is 0 Å². The lowest BCUT2D eigenvalue weighted by molar-refractivity contribution is -0.384. The summed E-state index contributed by atoms with van der Waals surface area (Å²) in [7, 11) is 0. The third-order valence-corrected chi connectivity index (χ3v) is 3.03. The highest BCUT2D eigenvalue weighted by Crippen LogP contribution is 2.35. The minimum atomic E-state index is -0.464. The first kappa shape index (κ1) is 10.5. The van der Waals surface area contributed by atoms with Gasteiger partial charge in [-0.2, -0.15) is 0 Å². The summed E-state index contributed by atoms with van der Waals surface area (Å²) in [5.41, 5.74) is -0.0203. The number of non-ortho nitro benzene ring substituents is 1. The number of benzene rings is 3. The molecule has 3 aromatic carbocycles. The molecule has 1 N–H and O–H groups in total. The maximum Gasteiger partial charge on any atom is 0.270 e. The van der Waals surface area contributed by atoms with Gasteiger partial charge in [-0.3, -0.25) is 10.1 Å². The largest absolute Gasteiger partial charge is 0.507 e. The van der Waals surface area contributed by atoms with E-state index < -0.39 is 4.92 Å². The van der Waals surface area contributed by atoms with E-state index in [1.165, 1.54) is 12.1 Å². The van der Waals surface area contributed by atoms with E-state index in [-0.39, 0.29) is 11.4 Å². The van der Waals surface area contributed by atoms with Crippen molar-refractivity contribution in [2.75, 3.05) is 0 Å². The molecule has 0 aromatic heterocycles. The van der Waals surface area contributed by atoms with Crippen LogP contribution in [0.15, 0.2) is 48.5 Å². The fourth-order valence-electron chi connectivity index (χ4n) is 2.14. The molecule has 0 heterocycles. The molecule has 0 spiro atoms. The van der Waals surface area contributed by atoms with Crippen LogP contribution in [0.25, 0.3) is 21.5 Å². The van der Waals surface area contributed by atoms with Gasteiger partial charge >= 0.3 is 0 Å². The average molecular weight is 239 g/mol. The highest BCUT2D eigenvalue weighted by molar-refractivity contribution is 6.05. The molecule has 0 saturated heterocycles. The standard InChI is InChI=1S/C14H9NO3/c16-14-12-4-2-1-3-9(12)7-10-5-6-11(15(17)18)8-13(10)14/h1-8,16H. The molecule has 4 heteroatoms. The lowest BCUT2D eigenvalue weighted by atomic mass is 10.0. The number of nitro groups is 1. The number of rotatable bonds is 1. The highest BCUT2D eigenvalue weighted by atomic mass is 16.6. The van der Waals surface area contributed by atoms with E-state index in [2.05, 4.69) is 0 Å². The molecule has 4 nitrogen and oxygen atoms in total. The van der Waals surface area contributed by atoms with E-state index in [1.807, 2.05) is 24.3 Å². The van der Waals surface area contributed by atoms with Gasteiger partial charge in [0.05, 0.1) is 4.92 Å². The summed E-state index contributed by atoms with van der Waals surface area (Å²) in [6.45, 7) is 0. The van der Waals surface area contributed by atoms with Gasteiger partial charge in [0.2, 0.25) is 0 Å². The van der Waals surface area contributed by atoms with Crippen LogP contribution in [0.1, 0.15) is 0 Å². The van der Waals surface area contributed by atoms with Crippen molar-refractivity contribution >= 4 is 27.2 Å². The number of hydrogen-bond acceptors (Lipinski definition) is 3. The Balaban J connectivity index is 2.45. The van der Waals surface area contributed by atoms with E-state index in [1.54, 1.807) is 12.1 Å². The monoisotopic (exact) mass is 239 g/mol. The summed E-state index contributed by atoms with van der Waals surface area (Å²) in [5, 5.41) is 23.8. The molecule has 0 aliphatic heterocycles. The first-order chi connectivity index (χ1) is 8.66. The van der Waals surface area contributed by atoms with Gasteiger partial charge in [0.15, 0.2) is 0 Å². The molecule has 88 valence electrons. The first-order valence-electron chi connectivity index (χ1n) is 5.46. The van der Waals surface area contributed by atoms with Gasteiger partial charge in [0.1, 0.15) is 5.75 Å². The second-order valence-electron chi connectivity index (χ2n) is 4.11. The average Bonchev–Trinajstić information content (AvgIpc) is 2.38. The molecule has 3 aromatic rings. The Kier molecular flexibility index (Phi) is 2.16. The van der Waals surface area contributed by atoms with Crippen LogP contribution in [-0.4, -0.2) is 10.0 Å². The van der Waals surface area contributed by atoms with Crippen molar-refractivity contribution in [3.63, 3.8) is 0 Å². The van der Waals surface area contributed by atoms with Crippen molar-refractivity contribution in [3.05, 3.63) is 58.6 Å². The lowest BCUT2D eigenvalue weighted by Gasteiger charge is -2.05. The van der Waals surface area contributed by atoms with Gasteiger partial charge in [0, 0.05) is 22.9 Å². The van der Waals surface area contributed by atoms with Gasteiger partial charge in [-0.15, -0.1) is 0 Å². The van der Waals surface area contributed by atoms with E-state index in [9.17, 15) is 15.2 Å². The van der Waals surface area contributed by atoms with Crippen LogP contribution in [0.2, 0.25) is 0 Å². The molecule has 0 aliphatic rings. The van der Waals surface area contributed by atoms with E-state index >= 15 is 0 Å². The lowest BCUT2D eigenvalue weighted by Crippen LogP contribution is -1.87. The molecule has 0 amide bonds. The third kappa shape index (κ3) is 1.47. The van der Waals surface area contributed by atoms with Crippen LogP contribution in [0, 0.1) is 10.1 Å². The molecule has 0 fully saturated rings. The van der Waals surface area contributed by atoms with Crippen LogP contribution < -0.4 is 0 Å². The Morgan fingerprint density at radius 2 is 1.67 bits per heavy atom. The van der Waals surface area contributed by atoms with Crippen LogP contribution in [0.3, 0.4) is 0 Å². The van der Waals surface area contributed by atoms with Gasteiger partial charge in [0.25, 0.3) is 5.69 Å². The Morgan fingerprint density at radius 1 is 0.944 bits per heavy atom. The van der Waals surface area contributed by atoms with Crippen molar-refractivity contribution in [1.29, 1.82) is 0 Å². The van der Waals surface area contributed by atoms with Crippen LogP contribution in [-0.2, 0) is 0 Å². The number of phenolic OH excluding ortho intramolecular Hbond substituents is 1. The third-order valence-electron chi connectivity index (χ3n) is 3.03. The molecule has 3 rings (SSSR count). The number of hydrogen-bond donors (Lipinski definition) is 1. The molecular formula is C14H9NO3. The normalized spacial score (nSPS) is 10.9. The maximum atomic E-state index is 10.7. The zero-order chi connectivity index (χ0) is 12.7. The van der Waals surface area contributed by atoms with Gasteiger partial charge in [-0.05, 0) is 22.9 Å². The van der Waals surface area contributed by atoms with E-state index in [0.717, 1.165) is 10.8 Å². The van der Waals surface area contributed by atoms with Crippen molar-refractivity contribution < 1.29 is 10.0 Å². The molecule has 18 heavy (non-hydrogen) atoms. The maximum absolute atomic E-state index is 10.7. The molecule has 0 radical (unpaired) electrons. The summed E-state index contributed by atoms with van der Waals surface area (Å²) in [6.07, 6.45) is 0. The second kappa shape index (κ2) is 3.70. The van der Waals surface area contributed by atoms with Crippen LogP contribution in [0.5, 0.6) is 5.75 Å². The quantitative estimate of drug-likeness (QED) is 0.401. The molecule has 0 aliphatic carbocycles.